The van der Waals surface area contributed by atoms with Gasteiger partial charge in [0.25, 0.3) is 11.8 Å². The van der Waals surface area contributed by atoms with Crippen LogP contribution < -0.4 is 15.8 Å². The van der Waals surface area contributed by atoms with E-state index in [0.717, 1.165) is 12.5 Å². The van der Waals surface area contributed by atoms with Gasteiger partial charge in [-0.3, -0.25) is 14.6 Å². The standard InChI is InChI=1S/C12H15N3O3.C11H14F2O3/c1-7-2-3-10(18-7)12(17)15-8-4-5-14-9(6-8)11(13)16;1-15-6-8(5-14)7-16-10-4-2-3-9(12)11(10)13/h4-7,10H,2-3H2,1H3,(H2,13,16)(H,14,15,17);2-4,8,14H,5-7H2,1H3. The fourth-order valence-corrected chi connectivity index (χ4v) is 3.05. The lowest BCUT2D eigenvalue weighted by Gasteiger charge is -2.14. The number of methoxy groups -OCH3 is 1. The Bertz CT molecular complexity index is 962. The van der Waals surface area contributed by atoms with Crippen molar-refractivity contribution in [3.05, 3.63) is 53.9 Å². The SMILES string of the molecule is CC1CCC(C(=O)Nc2ccnc(C(N)=O)c2)O1.COCC(CO)COc1cccc(F)c1F. The van der Waals surface area contributed by atoms with Crippen molar-refractivity contribution in [3.63, 3.8) is 0 Å². The third kappa shape index (κ3) is 8.32. The first-order valence-corrected chi connectivity index (χ1v) is 10.6. The van der Waals surface area contributed by atoms with E-state index < -0.39 is 23.6 Å². The normalized spacial score (nSPS) is 17.9. The number of aliphatic hydroxyl groups excluding tert-OH is 1. The van der Waals surface area contributed by atoms with Crippen molar-refractivity contribution in [1.29, 1.82) is 0 Å². The summed E-state index contributed by atoms with van der Waals surface area (Å²) in [4.78, 5) is 26.6. The van der Waals surface area contributed by atoms with Crippen molar-refractivity contribution in [2.24, 2.45) is 11.7 Å². The molecule has 0 aliphatic carbocycles. The summed E-state index contributed by atoms with van der Waals surface area (Å²) in [5.74, 6) is -3.22. The minimum absolute atomic E-state index is 0.0741. The van der Waals surface area contributed by atoms with Crippen LogP contribution in [0.2, 0.25) is 0 Å². The van der Waals surface area contributed by atoms with Crippen LogP contribution in [0.3, 0.4) is 0 Å². The second-order valence-electron chi connectivity index (χ2n) is 7.66. The van der Waals surface area contributed by atoms with E-state index in [2.05, 4.69) is 10.3 Å². The number of benzene rings is 1. The zero-order chi connectivity index (χ0) is 25.1. The zero-order valence-electron chi connectivity index (χ0n) is 19.0. The molecule has 0 saturated carbocycles. The molecule has 34 heavy (non-hydrogen) atoms. The number of amides is 2. The van der Waals surface area contributed by atoms with Crippen molar-refractivity contribution in [2.45, 2.75) is 32.0 Å². The van der Waals surface area contributed by atoms with Crippen molar-refractivity contribution in [2.75, 3.05) is 32.2 Å². The Morgan fingerprint density at radius 3 is 2.68 bits per heavy atom. The monoisotopic (exact) mass is 481 g/mol. The Balaban J connectivity index is 0.000000242. The maximum atomic E-state index is 13.1. The minimum Gasteiger partial charge on any atom is -0.490 e. The fourth-order valence-electron chi connectivity index (χ4n) is 3.05. The van der Waals surface area contributed by atoms with Gasteiger partial charge in [0, 0.05) is 24.9 Å². The van der Waals surface area contributed by atoms with Crippen molar-refractivity contribution in [3.8, 4) is 5.75 Å². The molecule has 2 aromatic rings. The molecule has 0 bridgehead atoms. The average molecular weight is 481 g/mol. The molecule has 1 fully saturated rings. The molecular formula is C23H29F2N3O6. The third-order valence-corrected chi connectivity index (χ3v) is 4.86. The molecule has 4 N–H and O–H groups in total. The van der Waals surface area contributed by atoms with E-state index in [0.29, 0.717) is 18.7 Å². The number of nitrogens with zero attached hydrogens (tertiary/aromatic N) is 1. The van der Waals surface area contributed by atoms with Crippen LogP contribution in [0, 0.1) is 17.6 Å². The molecule has 2 heterocycles. The molecule has 1 aliphatic rings. The summed E-state index contributed by atoms with van der Waals surface area (Å²) in [5, 5.41) is 11.6. The van der Waals surface area contributed by atoms with Gasteiger partial charge in [-0.25, -0.2) is 4.39 Å². The van der Waals surface area contributed by atoms with E-state index in [1.54, 1.807) is 6.07 Å². The third-order valence-electron chi connectivity index (χ3n) is 4.86. The second kappa shape index (κ2) is 13.5. The number of rotatable bonds is 9. The highest BCUT2D eigenvalue weighted by Crippen LogP contribution is 2.21. The number of pyridine rings is 1. The van der Waals surface area contributed by atoms with Gasteiger partial charge in [0.2, 0.25) is 5.82 Å². The Kier molecular flexibility index (Phi) is 10.8. The molecular weight excluding hydrogens is 452 g/mol. The summed E-state index contributed by atoms with van der Waals surface area (Å²) in [6.45, 7) is 2.17. The number of aliphatic hydroxyl groups is 1. The number of anilines is 1. The molecule has 1 saturated heterocycles. The summed E-state index contributed by atoms with van der Waals surface area (Å²) in [6, 6.07) is 6.75. The topological polar surface area (TPSA) is 133 Å². The minimum atomic E-state index is -1.02. The number of hydrogen-bond acceptors (Lipinski definition) is 7. The van der Waals surface area contributed by atoms with Gasteiger partial charge in [-0.1, -0.05) is 6.07 Å². The lowest BCUT2D eigenvalue weighted by atomic mass is 10.2. The number of aromatic nitrogens is 1. The van der Waals surface area contributed by atoms with Gasteiger partial charge in [-0.05, 0) is 44.0 Å². The summed E-state index contributed by atoms with van der Waals surface area (Å²) >= 11 is 0. The van der Waals surface area contributed by atoms with Gasteiger partial charge < -0.3 is 30.4 Å². The predicted octanol–water partition coefficient (Wildman–Crippen LogP) is 2.29. The Hall–Kier alpha value is -3.15. The largest absolute Gasteiger partial charge is 0.490 e. The molecule has 0 spiro atoms. The number of nitrogens with two attached hydrogens (primary N) is 1. The maximum Gasteiger partial charge on any atom is 0.267 e. The van der Waals surface area contributed by atoms with E-state index in [1.165, 1.54) is 31.5 Å². The Morgan fingerprint density at radius 1 is 1.29 bits per heavy atom. The molecule has 1 aromatic carbocycles. The smallest absolute Gasteiger partial charge is 0.267 e. The van der Waals surface area contributed by atoms with Crippen LogP contribution in [0.25, 0.3) is 0 Å². The number of ether oxygens (including phenoxy) is 3. The molecule has 9 nitrogen and oxygen atoms in total. The van der Waals surface area contributed by atoms with Gasteiger partial charge in [0.1, 0.15) is 11.8 Å². The Labute approximate surface area is 196 Å². The summed E-state index contributed by atoms with van der Waals surface area (Å²) < 4.78 is 41.3. The first-order valence-electron chi connectivity index (χ1n) is 10.6. The number of nitrogens with one attached hydrogen (secondary N) is 1. The van der Waals surface area contributed by atoms with Crippen LogP contribution in [-0.2, 0) is 14.3 Å². The molecule has 1 aromatic heterocycles. The first-order chi connectivity index (χ1) is 16.2. The van der Waals surface area contributed by atoms with E-state index in [9.17, 15) is 18.4 Å². The highest BCUT2D eigenvalue weighted by molar-refractivity contribution is 5.96. The number of hydrogen-bond donors (Lipinski definition) is 3. The van der Waals surface area contributed by atoms with Gasteiger partial charge in [-0.15, -0.1) is 0 Å². The van der Waals surface area contributed by atoms with Crippen LogP contribution in [0.15, 0.2) is 36.5 Å². The average Bonchev–Trinajstić information content (AvgIpc) is 3.26. The second-order valence-corrected chi connectivity index (χ2v) is 7.66. The van der Waals surface area contributed by atoms with Crippen LogP contribution in [-0.4, -0.2) is 61.0 Å². The zero-order valence-corrected chi connectivity index (χ0v) is 19.0. The lowest BCUT2D eigenvalue weighted by Crippen LogP contribution is -2.28. The number of carbonyl (C=O) groups excluding carboxylic acids is 2. The highest BCUT2D eigenvalue weighted by Gasteiger charge is 2.28. The number of halogens is 2. The van der Waals surface area contributed by atoms with Gasteiger partial charge in [0.05, 0.1) is 25.9 Å². The van der Waals surface area contributed by atoms with Crippen LogP contribution >= 0.6 is 0 Å². The molecule has 2 amide bonds. The molecule has 1 aliphatic heterocycles. The van der Waals surface area contributed by atoms with E-state index in [1.807, 2.05) is 6.92 Å². The summed E-state index contributed by atoms with van der Waals surface area (Å²) in [6.07, 6.45) is 2.69. The van der Waals surface area contributed by atoms with Crippen LogP contribution in [0.5, 0.6) is 5.75 Å². The van der Waals surface area contributed by atoms with Crippen LogP contribution in [0.4, 0.5) is 14.5 Å². The number of primary amides is 1. The molecule has 186 valence electrons. The van der Waals surface area contributed by atoms with Crippen molar-refractivity contribution in [1.82, 2.24) is 4.98 Å². The lowest BCUT2D eigenvalue weighted by molar-refractivity contribution is -0.126. The van der Waals surface area contributed by atoms with Gasteiger partial charge >= 0.3 is 0 Å². The van der Waals surface area contributed by atoms with Gasteiger partial charge in [0.15, 0.2) is 11.6 Å². The molecule has 3 atom stereocenters. The molecule has 0 radical (unpaired) electrons. The Morgan fingerprint density at radius 2 is 2.06 bits per heavy atom. The van der Waals surface area contributed by atoms with E-state index in [-0.39, 0.29) is 42.6 Å². The number of carbonyl (C=O) groups is 2. The summed E-state index contributed by atoms with van der Waals surface area (Å²) in [7, 11) is 1.49. The van der Waals surface area contributed by atoms with Gasteiger partial charge in [-0.2, -0.15) is 4.39 Å². The first kappa shape index (κ1) is 27.1. The molecule has 11 heteroatoms. The molecule has 3 unspecified atom stereocenters. The highest BCUT2D eigenvalue weighted by atomic mass is 19.2. The van der Waals surface area contributed by atoms with E-state index >= 15 is 0 Å². The predicted molar refractivity (Wildman–Crippen MR) is 119 cm³/mol. The van der Waals surface area contributed by atoms with Crippen molar-refractivity contribution >= 4 is 17.5 Å². The fraction of sp³-hybridized carbons (Fsp3) is 0.435. The van der Waals surface area contributed by atoms with Crippen LogP contribution in [0.1, 0.15) is 30.3 Å². The molecule has 3 rings (SSSR count). The quantitative estimate of drug-likeness (QED) is 0.500. The van der Waals surface area contributed by atoms with E-state index in [4.69, 9.17) is 25.1 Å². The van der Waals surface area contributed by atoms with Crippen molar-refractivity contribution < 1.29 is 37.7 Å². The maximum absolute atomic E-state index is 13.1. The summed E-state index contributed by atoms with van der Waals surface area (Å²) in [5.41, 5.74) is 5.73.